The maximum atomic E-state index is 13.6. The highest BCUT2D eigenvalue weighted by Gasteiger charge is 2.37. The third-order valence-corrected chi connectivity index (χ3v) is 5.33. The lowest BCUT2D eigenvalue weighted by molar-refractivity contribution is -0.141. The van der Waals surface area contributed by atoms with Gasteiger partial charge in [0.05, 0.1) is 21.8 Å². The van der Waals surface area contributed by atoms with Gasteiger partial charge in [-0.3, -0.25) is 4.79 Å². The monoisotopic (exact) mass is 478 g/mol. The van der Waals surface area contributed by atoms with E-state index < -0.39 is 40.8 Å². The number of piperazine rings is 1. The Morgan fingerprint density at radius 3 is 2.61 bits per heavy atom. The second kappa shape index (κ2) is 8.88. The number of nitrogens with one attached hydrogen (secondary N) is 2. The normalized spacial score (nSPS) is 17.8. The number of halogens is 6. The highest BCUT2D eigenvalue weighted by molar-refractivity contribution is 6.31. The van der Waals surface area contributed by atoms with Crippen molar-refractivity contribution in [2.45, 2.75) is 25.2 Å². The molecule has 1 fully saturated rings. The fraction of sp³-hybridized carbons (Fsp3) is 0.316. The lowest BCUT2D eigenvalue weighted by atomic mass is 10.0. The molecule has 2 heterocycles. The summed E-state index contributed by atoms with van der Waals surface area (Å²) in [5.74, 6) is -1.11. The second-order valence-corrected chi connectivity index (χ2v) is 7.60. The summed E-state index contributed by atoms with van der Waals surface area (Å²) < 4.78 is 53.5. The van der Waals surface area contributed by atoms with Gasteiger partial charge < -0.3 is 15.5 Å². The number of benzene rings is 1. The fourth-order valence-corrected chi connectivity index (χ4v) is 3.50. The van der Waals surface area contributed by atoms with Crippen molar-refractivity contribution >= 4 is 35.1 Å². The highest BCUT2D eigenvalue weighted by atomic mass is 35.5. The molecule has 1 aromatic heterocycles. The van der Waals surface area contributed by atoms with E-state index in [1.165, 1.54) is 30.0 Å². The van der Waals surface area contributed by atoms with Gasteiger partial charge in [-0.25, -0.2) is 14.2 Å². The van der Waals surface area contributed by atoms with Gasteiger partial charge in [-0.05, 0) is 36.8 Å². The van der Waals surface area contributed by atoms with E-state index in [0.29, 0.717) is 0 Å². The molecule has 2 N–H and O–H groups in total. The summed E-state index contributed by atoms with van der Waals surface area (Å²) in [7, 11) is 0. The van der Waals surface area contributed by atoms with E-state index in [9.17, 15) is 27.2 Å². The zero-order chi connectivity index (χ0) is 22.9. The first kappa shape index (κ1) is 23.1. The van der Waals surface area contributed by atoms with Crippen molar-refractivity contribution in [3.63, 3.8) is 0 Å². The number of carbonyl (C=O) groups excluding carboxylic acids is 2. The fourth-order valence-electron chi connectivity index (χ4n) is 3.10. The van der Waals surface area contributed by atoms with Crippen molar-refractivity contribution < 1.29 is 27.2 Å². The number of hydrogen-bond donors (Lipinski definition) is 2. The van der Waals surface area contributed by atoms with Crippen LogP contribution in [-0.2, 0) is 11.0 Å². The van der Waals surface area contributed by atoms with Gasteiger partial charge in [-0.2, -0.15) is 13.2 Å². The molecule has 0 bridgehead atoms. The number of rotatable bonds is 3. The van der Waals surface area contributed by atoms with E-state index in [4.69, 9.17) is 23.2 Å². The molecule has 2 aromatic rings. The Hall–Kier alpha value is -2.59. The average Bonchev–Trinajstić information content (AvgIpc) is 2.70. The first-order chi connectivity index (χ1) is 14.5. The number of pyridine rings is 1. The molecule has 1 aromatic carbocycles. The van der Waals surface area contributed by atoms with Crippen LogP contribution in [-0.4, -0.2) is 41.0 Å². The summed E-state index contributed by atoms with van der Waals surface area (Å²) in [5.41, 5.74) is -1.33. The van der Waals surface area contributed by atoms with Gasteiger partial charge in [-0.1, -0.05) is 29.3 Å². The summed E-state index contributed by atoms with van der Waals surface area (Å²) in [6.45, 7) is 1.93. The molecular weight excluding hydrogens is 463 g/mol. The van der Waals surface area contributed by atoms with Gasteiger partial charge in [0.2, 0.25) is 5.91 Å². The number of urea groups is 1. The Kier molecular flexibility index (Phi) is 6.61. The molecule has 6 nitrogen and oxygen atoms in total. The van der Waals surface area contributed by atoms with E-state index >= 15 is 0 Å². The molecule has 1 aliphatic rings. The van der Waals surface area contributed by atoms with Crippen LogP contribution in [0.25, 0.3) is 0 Å². The molecule has 166 valence electrons. The van der Waals surface area contributed by atoms with Crippen molar-refractivity contribution in [2.75, 3.05) is 13.1 Å². The van der Waals surface area contributed by atoms with Crippen LogP contribution in [0.15, 0.2) is 30.3 Å². The molecule has 2 atom stereocenters. The molecule has 0 spiro atoms. The lowest BCUT2D eigenvalue weighted by Gasteiger charge is -2.34. The molecular formula is C19H16Cl2F4N4O2. The van der Waals surface area contributed by atoms with Gasteiger partial charge in [0, 0.05) is 13.1 Å². The van der Waals surface area contributed by atoms with Crippen LogP contribution in [0, 0.1) is 5.82 Å². The summed E-state index contributed by atoms with van der Waals surface area (Å²) in [5, 5.41) is 4.28. The topological polar surface area (TPSA) is 74.3 Å². The van der Waals surface area contributed by atoms with E-state index in [1.54, 1.807) is 0 Å². The van der Waals surface area contributed by atoms with E-state index in [0.717, 1.165) is 12.1 Å². The SMILES string of the molecule is C[C@@H]1C(=O)NCCN1C(=O)N[C@H](c1ccc(F)c(Cl)c1)c1ccc(Cl)c(C(F)(F)F)n1. The molecule has 3 rings (SSSR count). The number of carbonyl (C=O) groups is 2. The molecule has 1 aliphatic heterocycles. The smallest absolute Gasteiger partial charge is 0.353 e. The number of aromatic nitrogens is 1. The molecule has 0 unspecified atom stereocenters. The third kappa shape index (κ3) is 5.01. The second-order valence-electron chi connectivity index (χ2n) is 6.78. The minimum atomic E-state index is -4.83. The van der Waals surface area contributed by atoms with Crippen LogP contribution < -0.4 is 10.6 Å². The summed E-state index contributed by atoms with van der Waals surface area (Å²) in [4.78, 5) is 29.6. The Labute approximate surface area is 184 Å². The molecule has 0 radical (unpaired) electrons. The van der Waals surface area contributed by atoms with Crippen LogP contribution in [0.3, 0.4) is 0 Å². The molecule has 0 saturated carbocycles. The summed E-state index contributed by atoms with van der Waals surface area (Å²) in [6.07, 6.45) is -4.83. The zero-order valence-electron chi connectivity index (χ0n) is 15.9. The van der Waals surface area contributed by atoms with Crippen LogP contribution >= 0.6 is 23.2 Å². The number of amides is 3. The van der Waals surface area contributed by atoms with Gasteiger partial charge >= 0.3 is 12.2 Å². The van der Waals surface area contributed by atoms with Crippen molar-refractivity contribution in [1.82, 2.24) is 20.5 Å². The van der Waals surface area contributed by atoms with Crippen molar-refractivity contribution in [1.29, 1.82) is 0 Å². The first-order valence-corrected chi connectivity index (χ1v) is 9.78. The maximum absolute atomic E-state index is 13.6. The van der Waals surface area contributed by atoms with Crippen LogP contribution in [0.5, 0.6) is 0 Å². The quantitative estimate of drug-likeness (QED) is 0.650. The molecule has 0 aliphatic carbocycles. The maximum Gasteiger partial charge on any atom is 0.434 e. The predicted molar refractivity (Wildman–Crippen MR) is 105 cm³/mol. The van der Waals surface area contributed by atoms with E-state index in [-0.39, 0.29) is 35.3 Å². The van der Waals surface area contributed by atoms with Gasteiger partial charge in [0.25, 0.3) is 0 Å². The van der Waals surface area contributed by atoms with E-state index in [1.807, 2.05) is 0 Å². The van der Waals surface area contributed by atoms with Crippen LogP contribution in [0.4, 0.5) is 22.4 Å². The molecule has 12 heteroatoms. The molecule has 31 heavy (non-hydrogen) atoms. The standard InChI is InChI=1S/C19H16Cl2F4N4O2/c1-9-17(30)26-6-7-29(9)18(31)28-15(10-2-4-13(22)12(21)8-10)14-5-3-11(20)16(27-14)19(23,24)25/h2-5,8-9,15H,6-7H2,1H3,(H,26,30)(H,28,31)/t9-,15-/m1/s1. The predicted octanol–water partition coefficient (Wildman–Crippen LogP) is 4.17. The van der Waals surface area contributed by atoms with Gasteiger partial charge in [0.1, 0.15) is 11.9 Å². The number of nitrogens with zero attached hydrogens (tertiary/aromatic N) is 2. The number of hydrogen-bond acceptors (Lipinski definition) is 3. The number of alkyl halides is 3. The first-order valence-electron chi connectivity index (χ1n) is 9.02. The van der Waals surface area contributed by atoms with E-state index in [2.05, 4.69) is 15.6 Å². The highest BCUT2D eigenvalue weighted by Crippen LogP contribution is 2.35. The lowest BCUT2D eigenvalue weighted by Crippen LogP contribution is -2.58. The summed E-state index contributed by atoms with van der Waals surface area (Å²) >= 11 is 11.5. The average molecular weight is 479 g/mol. The third-order valence-electron chi connectivity index (χ3n) is 4.74. The van der Waals surface area contributed by atoms with Gasteiger partial charge in [0.15, 0.2) is 5.69 Å². The Bertz CT molecular complexity index is 1020. The Morgan fingerprint density at radius 2 is 1.97 bits per heavy atom. The largest absolute Gasteiger partial charge is 0.434 e. The van der Waals surface area contributed by atoms with Gasteiger partial charge in [-0.15, -0.1) is 0 Å². The van der Waals surface area contributed by atoms with Crippen molar-refractivity contribution in [3.05, 3.63) is 63.1 Å². The summed E-state index contributed by atoms with van der Waals surface area (Å²) in [6, 6.07) is 2.96. The Balaban J connectivity index is 2.03. The van der Waals surface area contributed by atoms with Crippen LogP contribution in [0.1, 0.15) is 29.9 Å². The minimum Gasteiger partial charge on any atom is -0.353 e. The van der Waals surface area contributed by atoms with Crippen molar-refractivity contribution in [3.8, 4) is 0 Å². The zero-order valence-corrected chi connectivity index (χ0v) is 17.4. The molecule has 1 saturated heterocycles. The Morgan fingerprint density at radius 1 is 1.26 bits per heavy atom. The minimum absolute atomic E-state index is 0.191. The molecule has 3 amide bonds. The van der Waals surface area contributed by atoms with Crippen LogP contribution in [0.2, 0.25) is 10.0 Å². The van der Waals surface area contributed by atoms with Crippen molar-refractivity contribution in [2.24, 2.45) is 0 Å².